The van der Waals surface area contributed by atoms with E-state index in [9.17, 15) is 4.79 Å². The molecule has 0 aliphatic rings. The van der Waals surface area contributed by atoms with E-state index >= 15 is 0 Å². The normalized spacial score (nSPS) is 15.1. The van der Waals surface area contributed by atoms with Gasteiger partial charge in [-0.1, -0.05) is 68.2 Å². The van der Waals surface area contributed by atoms with Crippen molar-refractivity contribution in [2.24, 2.45) is 5.73 Å². The maximum absolute atomic E-state index is 13.8. The summed E-state index contributed by atoms with van der Waals surface area (Å²) in [5, 5.41) is 4.39. The molecule has 186 valence electrons. The number of benzene rings is 2. The number of nitrogens with zero attached hydrogens (tertiary/aromatic N) is 1. The van der Waals surface area contributed by atoms with Gasteiger partial charge in [-0.2, -0.15) is 0 Å². The van der Waals surface area contributed by atoms with Crippen LogP contribution in [0.2, 0.25) is 10.0 Å². The largest absolute Gasteiger partial charge is 0.493 e. The molecule has 3 rings (SSSR count). The van der Waals surface area contributed by atoms with Crippen LogP contribution in [-0.2, 0) is 16.5 Å². The zero-order valence-corrected chi connectivity index (χ0v) is 22.6. The number of hydrogen-bond acceptors (Lipinski definition) is 4. The summed E-state index contributed by atoms with van der Waals surface area (Å²) >= 11 is 12.3. The topological polar surface area (TPSA) is 77.2 Å². The Balaban J connectivity index is 2.11. The first-order chi connectivity index (χ1) is 16.3. The van der Waals surface area contributed by atoms with Gasteiger partial charge in [-0.15, -0.1) is 0 Å². The van der Waals surface area contributed by atoms with Crippen molar-refractivity contribution in [2.45, 2.75) is 58.0 Å². The summed E-state index contributed by atoms with van der Waals surface area (Å²) in [4.78, 5) is 18.3. The number of nitrogens with one attached hydrogen (secondary N) is 1. The third kappa shape index (κ3) is 5.64. The molecule has 0 fully saturated rings. The van der Waals surface area contributed by atoms with E-state index in [-0.39, 0.29) is 11.3 Å². The minimum atomic E-state index is -1.03. The molecule has 0 radical (unpaired) electrons. The summed E-state index contributed by atoms with van der Waals surface area (Å²) in [5.41, 5.74) is 7.54. The van der Waals surface area contributed by atoms with Crippen molar-refractivity contribution in [2.75, 3.05) is 6.61 Å². The lowest BCUT2D eigenvalue weighted by Crippen LogP contribution is -2.61. The number of rotatable bonds is 7. The van der Waals surface area contributed by atoms with Gasteiger partial charge in [-0.25, -0.2) is 0 Å². The quantitative estimate of drug-likeness (QED) is 0.372. The molecule has 35 heavy (non-hydrogen) atoms. The minimum absolute atomic E-state index is 0.191. The number of carbonyl (C=O) groups excluding carboxylic acids is 1. The molecule has 3 N–H and O–H groups in total. The van der Waals surface area contributed by atoms with Gasteiger partial charge in [0.05, 0.1) is 23.2 Å². The fraction of sp³-hybridized carbons (Fsp3) is 0.357. The smallest absolute Gasteiger partial charge is 0.257 e. The second-order valence-electron chi connectivity index (χ2n) is 10.0. The van der Waals surface area contributed by atoms with Crippen molar-refractivity contribution in [3.8, 4) is 5.75 Å². The molecular weight excluding hydrogens is 481 g/mol. The summed E-state index contributed by atoms with van der Waals surface area (Å²) in [6.45, 7) is 12.3. The van der Waals surface area contributed by atoms with Gasteiger partial charge in [0.15, 0.2) is 0 Å². The zero-order chi connectivity index (χ0) is 26.0. The molecule has 0 saturated heterocycles. The summed E-state index contributed by atoms with van der Waals surface area (Å²) in [6.07, 6.45) is 1.57. The van der Waals surface area contributed by atoms with Crippen LogP contribution in [0.4, 0.5) is 0 Å². The van der Waals surface area contributed by atoms with Gasteiger partial charge in [0.2, 0.25) is 0 Å². The van der Waals surface area contributed by atoms with E-state index in [1.54, 1.807) is 30.5 Å². The van der Waals surface area contributed by atoms with Crippen LogP contribution < -0.4 is 15.8 Å². The van der Waals surface area contributed by atoms with Gasteiger partial charge in [-0.05, 0) is 56.2 Å². The predicted molar refractivity (Wildman–Crippen MR) is 143 cm³/mol. The first-order valence-corrected chi connectivity index (χ1v) is 12.3. The lowest BCUT2D eigenvalue weighted by molar-refractivity contribution is 0.0840. The molecule has 0 aliphatic heterocycles. The van der Waals surface area contributed by atoms with E-state index in [2.05, 4.69) is 31.1 Å². The minimum Gasteiger partial charge on any atom is -0.493 e. The Morgan fingerprint density at radius 3 is 1.94 bits per heavy atom. The molecule has 2 unspecified atom stereocenters. The standard InChI is InChI=1S/C28H33Cl2N3O2/c1-7-35-23-16-24(26(2,3)4)32-17-22(23)25(34)33-28(6,19-10-14-21(30)15-11-19)27(5,31)18-8-12-20(29)13-9-18/h8-17H,7,31H2,1-6H3,(H,33,34). The summed E-state index contributed by atoms with van der Waals surface area (Å²) in [6, 6.07) is 16.4. The fourth-order valence-electron chi connectivity index (χ4n) is 3.96. The fourth-order valence-corrected chi connectivity index (χ4v) is 4.21. The number of aromatic nitrogens is 1. The van der Waals surface area contributed by atoms with Gasteiger partial charge >= 0.3 is 0 Å². The van der Waals surface area contributed by atoms with E-state index in [1.165, 1.54) is 0 Å². The molecule has 5 nitrogen and oxygen atoms in total. The maximum Gasteiger partial charge on any atom is 0.257 e. The van der Waals surface area contributed by atoms with Crippen LogP contribution in [0.15, 0.2) is 60.8 Å². The van der Waals surface area contributed by atoms with Crippen LogP contribution in [0.1, 0.15) is 68.7 Å². The summed E-state index contributed by atoms with van der Waals surface area (Å²) in [7, 11) is 0. The second kappa shape index (κ2) is 10.2. The van der Waals surface area contributed by atoms with Gasteiger partial charge in [0.25, 0.3) is 5.91 Å². The van der Waals surface area contributed by atoms with Gasteiger partial charge < -0.3 is 15.8 Å². The van der Waals surface area contributed by atoms with Crippen LogP contribution >= 0.6 is 23.2 Å². The third-order valence-electron chi connectivity index (χ3n) is 6.45. The number of nitrogens with two attached hydrogens (primary N) is 1. The summed E-state index contributed by atoms with van der Waals surface area (Å²) < 4.78 is 5.85. The molecule has 2 aromatic carbocycles. The molecule has 1 aromatic heterocycles. The molecule has 1 amide bonds. The lowest BCUT2D eigenvalue weighted by Gasteiger charge is -2.45. The van der Waals surface area contributed by atoms with Gasteiger partial charge in [-0.3, -0.25) is 9.78 Å². The molecule has 2 atom stereocenters. The van der Waals surface area contributed by atoms with Crippen molar-refractivity contribution in [1.29, 1.82) is 0 Å². The molecule has 0 bridgehead atoms. The van der Waals surface area contributed by atoms with Gasteiger partial charge in [0.1, 0.15) is 5.75 Å². The molecule has 0 aliphatic carbocycles. The molecule has 3 aromatic rings. The number of pyridine rings is 1. The first kappa shape index (κ1) is 27.0. The van der Waals surface area contributed by atoms with Gasteiger partial charge in [0, 0.05) is 33.4 Å². The van der Waals surface area contributed by atoms with Crippen LogP contribution in [-0.4, -0.2) is 17.5 Å². The average Bonchev–Trinajstić information content (AvgIpc) is 2.79. The van der Waals surface area contributed by atoms with Crippen molar-refractivity contribution < 1.29 is 9.53 Å². The number of carbonyl (C=O) groups is 1. The average molecular weight is 514 g/mol. The number of ether oxygens (including phenoxy) is 1. The number of halogens is 2. The molecule has 7 heteroatoms. The molecule has 0 spiro atoms. The lowest BCUT2D eigenvalue weighted by atomic mass is 9.71. The maximum atomic E-state index is 13.8. The highest BCUT2D eigenvalue weighted by molar-refractivity contribution is 6.30. The highest BCUT2D eigenvalue weighted by Gasteiger charge is 2.46. The Morgan fingerprint density at radius 1 is 0.943 bits per heavy atom. The predicted octanol–water partition coefficient (Wildman–Crippen LogP) is 6.60. The Bertz CT molecular complexity index is 1190. The van der Waals surface area contributed by atoms with Crippen LogP contribution in [0, 0.1) is 0 Å². The molecule has 1 heterocycles. The summed E-state index contributed by atoms with van der Waals surface area (Å²) in [5.74, 6) is 0.137. The molecular formula is C28H33Cl2N3O2. The van der Waals surface area contributed by atoms with Crippen molar-refractivity contribution in [1.82, 2.24) is 10.3 Å². The zero-order valence-electron chi connectivity index (χ0n) is 21.1. The monoisotopic (exact) mass is 513 g/mol. The SMILES string of the molecule is CCOc1cc(C(C)(C)C)ncc1C(=O)NC(C)(c1ccc(Cl)cc1)C(C)(N)c1ccc(Cl)cc1. The number of hydrogen-bond donors (Lipinski definition) is 2. The Hall–Kier alpha value is -2.60. The van der Waals surface area contributed by atoms with Crippen LogP contribution in [0.25, 0.3) is 0 Å². The third-order valence-corrected chi connectivity index (χ3v) is 6.95. The first-order valence-electron chi connectivity index (χ1n) is 11.6. The highest BCUT2D eigenvalue weighted by atomic mass is 35.5. The second-order valence-corrected chi connectivity index (χ2v) is 10.9. The van der Waals surface area contributed by atoms with Crippen LogP contribution in [0.3, 0.4) is 0 Å². The Labute approximate surface area is 218 Å². The number of amides is 1. The van der Waals surface area contributed by atoms with Crippen molar-refractivity contribution >= 4 is 29.1 Å². The van der Waals surface area contributed by atoms with E-state index in [4.69, 9.17) is 33.7 Å². The van der Waals surface area contributed by atoms with Crippen molar-refractivity contribution in [3.05, 3.63) is 93.2 Å². The van der Waals surface area contributed by atoms with Crippen LogP contribution in [0.5, 0.6) is 5.75 Å². The highest BCUT2D eigenvalue weighted by Crippen LogP contribution is 2.40. The van der Waals surface area contributed by atoms with E-state index in [0.29, 0.717) is 28.0 Å². The molecule has 0 saturated carbocycles. The van der Waals surface area contributed by atoms with E-state index < -0.39 is 11.1 Å². The Kier molecular flexibility index (Phi) is 7.85. The van der Waals surface area contributed by atoms with E-state index in [1.807, 2.05) is 51.1 Å². The van der Waals surface area contributed by atoms with E-state index in [0.717, 1.165) is 16.8 Å². The Morgan fingerprint density at radius 2 is 1.46 bits per heavy atom. The van der Waals surface area contributed by atoms with Crippen molar-refractivity contribution in [3.63, 3.8) is 0 Å².